The standard InChI is InChI=1S/C23H30N2O5.C15H25N3O2S.C4H10/c1-29-18-10-11-19-17(14-18)15-21(27)20(25-19)8-4-2-3-6-16-7-5-9-22(16)30-23(28)24-12-13-26;1-4-10(2)13(15(20)17-21-11-7-8-11)16-14(19)12-6-5-9-18(12)3;1-4(2)3/h10-11,13-16,22,27H,2-9,12H2,1H3,(H,24,28);4,10-13H,1,5-9H2,2-3H3,(H,16,19)(H,17,20);4H,1-3H3/t16?,22-;10-,12?,13?;/m10./s1. The van der Waals surface area contributed by atoms with Crippen LogP contribution in [0.15, 0.2) is 36.9 Å². The van der Waals surface area contributed by atoms with E-state index in [1.165, 1.54) is 11.9 Å². The zero-order chi connectivity index (χ0) is 40.3. The Bertz CT molecular complexity index is 1530. The summed E-state index contributed by atoms with van der Waals surface area (Å²) < 4.78 is 13.6. The zero-order valence-electron chi connectivity index (χ0n) is 33.8. The number of likely N-dealkylation sites (tertiary alicyclic amines) is 1. The van der Waals surface area contributed by atoms with E-state index >= 15 is 0 Å². The van der Waals surface area contributed by atoms with Crippen LogP contribution < -0.4 is 20.1 Å². The second kappa shape index (κ2) is 23.9. The summed E-state index contributed by atoms with van der Waals surface area (Å²) in [5.41, 5.74) is 1.57. The van der Waals surface area contributed by atoms with Crippen LogP contribution >= 0.6 is 11.9 Å². The van der Waals surface area contributed by atoms with E-state index in [0.29, 0.717) is 17.5 Å². The number of hydrogen-bond acceptors (Lipinski definition) is 10. The third-order valence-corrected chi connectivity index (χ3v) is 11.0. The van der Waals surface area contributed by atoms with Crippen molar-refractivity contribution in [2.24, 2.45) is 17.8 Å². The smallest absolute Gasteiger partial charge is 0.407 e. The lowest BCUT2D eigenvalue weighted by Gasteiger charge is -2.25. The van der Waals surface area contributed by atoms with Gasteiger partial charge in [0.05, 0.1) is 30.9 Å². The molecule has 2 saturated carbocycles. The molecular weight excluding hydrogens is 719 g/mol. The summed E-state index contributed by atoms with van der Waals surface area (Å²) in [6.07, 6.45) is 13.8. The van der Waals surface area contributed by atoms with E-state index in [1.807, 2.05) is 37.1 Å². The van der Waals surface area contributed by atoms with Crippen molar-refractivity contribution in [3.05, 3.63) is 42.6 Å². The number of aromatic hydroxyl groups is 1. The Morgan fingerprint density at radius 1 is 1.05 bits per heavy atom. The Kier molecular flexibility index (Phi) is 19.8. The third-order valence-electron chi connectivity index (χ3n) is 9.90. The van der Waals surface area contributed by atoms with Crippen molar-refractivity contribution >= 4 is 47.0 Å². The lowest BCUT2D eigenvalue weighted by Crippen LogP contribution is -2.53. The number of amides is 3. The number of benzene rings is 1. The number of pyridine rings is 1. The van der Waals surface area contributed by atoms with Crippen molar-refractivity contribution in [2.75, 3.05) is 27.2 Å². The van der Waals surface area contributed by atoms with Crippen molar-refractivity contribution in [1.29, 1.82) is 0 Å². The molecule has 0 bridgehead atoms. The van der Waals surface area contributed by atoms with Crippen LogP contribution in [0.5, 0.6) is 11.5 Å². The number of carbonyl (C=O) groups excluding carboxylic acids is 4. The molecule has 2 heterocycles. The monoisotopic (exact) mass is 783 g/mol. The number of hydrogen-bond donors (Lipinski definition) is 4. The maximum Gasteiger partial charge on any atom is 0.407 e. The maximum atomic E-state index is 12.4. The molecule has 2 aromatic rings. The number of aromatic nitrogens is 1. The van der Waals surface area contributed by atoms with E-state index in [4.69, 9.17) is 9.47 Å². The Morgan fingerprint density at radius 2 is 1.80 bits per heavy atom. The molecule has 0 spiro atoms. The summed E-state index contributed by atoms with van der Waals surface area (Å²) in [6.45, 7) is 13.1. The van der Waals surface area contributed by atoms with Crippen molar-refractivity contribution in [2.45, 2.75) is 128 Å². The fourth-order valence-corrected chi connectivity index (χ4v) is 7.40. The molecule has 1 aromatic heterocycles. The lowest BCUT2D eigenvalue weighted by atomic mass is 9.97. The van der Waals surface area contributed by atoms with Crippen LogP contribution in [0.2, 0.25) is 0 Å². The number of unbranched alkanes of at least 4 members (excludes halogenated alkanes) is 2. The first-order valence-electron chi connectivity index (χ1n) is 20.0. The number of nitrogens with one attached hydrogen (secondary N) is 3. The van der Waals surface area contributed by atoms with E-state index < -0.39 is 12.1 Å². The highest BCUT2D eigenvalue weighted by atomic mass is 32.2. The van der Waals surface area contributed by atoms with Crippen molar-refractivity contribution in [3.8, 4) is 11.5 Å². The van der Waals surface area contributed by atoms with E-state index in [0.717, 1.165) is 112 Å². The third kappa shape index (κ3) is 16.0. The van der Waals surface area contributed by atoms with Crippen molar-refractivity contribution < 1.29 is 33.8 Å². The fraction of sp³-hybridized carbons (Fsp3) is 0.643. The highest BCUT2D eigenvalue weighted by molar-refractivity contribution is 7.98. The summed E-state index contributed by atoms with van der Waals surface area (Å²) in [5, 5.41) is 17.0. The van der Waals surface area contributed by atoms with Gasteiger partial charge in [-0.05, 0) is 126 Å². The number of likely N-dealkylation sites (N-methyl/N-ethyl adjacent to an activating group) is 1. The van der Waals surface area contributed by atoms with Crippen LogP contribution in [0, 0.1) is 17.8 Å². The van der Waals surface area contributed by atoms with Gasteiger partial charge in [0.15, 0.2) is 0 Å². The van der Waals surface area contributed by atoms with Gasteiger partial charge in [0.25, 0.3) is 5.91 Å². The highest BCUT2D eigenvalue weighted by Crippen LogP contribution is 2.33. The van der Waals surface area contributed by atoms with Gasteiger partial charge in [0.2, 0.25) is 5.91 Å². The molecule has 2 aliphatic carbocycles. The number of aldehydes is 1. The number of aryl methyl sites for hydroxylation is 1. The molecule has 12 nitrogen and oxygen atoms in total. The van der Waals surface area contributed by atoms with Gasteiger partial charge >= 0.3 is 6.09 Å². The Hall–Kier alpha value is -3.84. The number of nitrogens with zero attached hydrogens (tertiary/aromatic N) is 2. The molecule has 1 aromatic carbocycles. The average Bonchev–Trinajstić information content (AvgIpc) is 3.73. The fourth-order valence-electron chi connectivity index (χ4n) is 6.62. The van der Waals surface area contributed by atoms with Gasteiger partial charge in [0, 0.05) is 16.6 Å². The summed E-state index contributed by atoms with van der Waals surface area (Å²) in [5.74, 6) is 1.90. The maximum absolute atomic E-state index is 12.4. The minimum absolute atomic E-state index is 0.0145. The second-order valence-electron chi connectivity index (χ2n) is 15.5. The topological polar surface area (TPSA) is 159 Å². The largest absolute Gasteiger partial charge is 0.506 e. The van der Waals surface area contributed by atoms with Gasteiger partial charge < -0.3 is 30.0 Å². The van der Waals surface area contributed by atoms with Crippen LogP contribution in [-0.4, -0.2) is 89.9 Å². The van der Waals surface area contributed by atoms with E-state index in [1.54, 1.807) is 19.3 Å². The lowest BCUT2D eigenvalue weighted by molar-refractivity contribution is -0.131. The molecule has 3 fully saturated rings. The molecule has 55 heavy (non-hydrogen) atoms. The molecule has 13 heteroatoms. The minimum Gasteiger partial charge on any atom is -0.506 e. The summed E-state index contributed by atoms with van der Waals surface area (Å²) in [7, 11) is 3.57. The van der Waals surface area contributed by atoms with Crippen LogP contribution in [0.1, 0.15) is 104 Å². The average molecular weight is 784 g/mol. The van der Waals surface area contributed by atoms with Gasteiger partial charge in [-0.25, -0.2) is 9.78 Å². The van der Waals surface area contributed by atoms with Crippen LogP contribution in [0.3, 0.4) is 0 Å². The first-order chi connectivity index (χ1) is 26.4. The molecule has 3 unspecified atom stereocenters. The number of fused-ring (bicyclic) bond motifs is 1. The molecule has 3 amide bonds. The molecule has 306 valence electrons. The predicted octanol–water partition coefficient (Wildman–Crippen LogP) is 7.12. The van der Waals surface area contributed by atoms with E-state index in [2.05, 4.69) is 47.7 Å². The Morgan fingerprint density at radius 3 is 2.44 bits per heavy atom. The first kappa shape index (κ1) is 45.5. The summed E-state index contributed by atoms with van der Waals surface area (Å²) in [4.78, 5) is 53.3. The Labute approximate surface area is 332 Å². The molecule has 5 rings (SSSR count). The van der Waals surface area contributed by atoms with Crippen LogP contribution in [-0.2, 0) is 25.5 Å². The van der Waals surface area contributed by atoms with Gasteiger partial charge in [-0.15, -0.1) is 6.58 Å². The van der Waals surface area contributed by atoms with Crippen molar-refractivity contribution in [3.63, 3.8) is 0 Å². The molecular formula is C42H65N5O7S. The highest BCUT2D eigenvalue weighted by Gasteiger charge is 2.34. The second-order valence-corrected chi connectivity index (χ2v) is 16.6. The number of alkyl carbamates (subject to hydrolysis) is 1. The minimum atomic E-state index is -0.546. The molecule has 1 aliphatic heterocycles. The van der Waals surface area contributed by atoms with Crippen LogP contribution in [0.4, 0.5) is 4.79 Å². The number of methoxy groups -OCH3 is 1. The molecule has 4 N–H and O–H groups in total. The predicted molar refractivity (Wildman–Crippen MR) is 220 cm³/mol. The van der Waals surface area contributed by atoms with E-state index in [9.17, 15) is 24.3 Å². The van der Waals surface area contributed by atoms with Crippen LogP contribution in [0.25, 0.3) is 10.9 Å². The molecule has 5 atom stereocenters. The number of carbonyl (C=O) groups is 4. The summed E-state index contributed by atoms with van der Waals surface area (Å²) >= 11 is 1.47. The first-order valence-corrected chi connectivity index (χ1v) is 20.9. The van der Waals surface area contributed by atoms with Gasteiger partial charge in [-0.3, -0.25) is 19.2 Å². The zero-order valence-corrected chi connectivity index (χ0v) is 34.6. The quantitative estimate of drug-likeness (QED) is 0.0563. The van der Waals surface area contributed by atoms with Gasteiger partial charge in [0.1, 0.15) is 29.9 Å². The molecule has 3 aliphatic rings. The Balaban J connectivity index is 0.000000283. The van der Waals surface area contributed by atoms with E-state index in [-0.39, 0.29) is 42.2 Å². The van der Waals surface area contributed by atoms with Gasteiger partial charge in [-0.1, -0.05) is 46.6 Å². The molecule has 0 radical (unpaired) electrons. The number of rotatable bonds is 17. The number of ether oxygens (including phenoxy) is 2. The summed E-state index contributed by atoms with van der Waals surface area (Å²) in [6, 6.07) is 6.73. The molecule has 1 saturated heterocycles. The SMILES string of the molecule is C=C[C@H](C)C(NC(=O)C1CCCN1C)C(=O)NSC1CC1.CC(C)C.COc1ccc2nc(CCCCCC3CCC[C@H]3OC(=O)NCC=O)c(O)cc2c1. The van der Waals surface area contributed by atoms with Crippen molar-refractivity contribution in [1.82, 2.24) is 25.2 Å². The normalized spacial score (nSPS) is 20.2. The van der Waals surface area contributed by atoms with Gasteiger partial charge in [-0.2, -0.15) is 0 Å².